The lowest BCUT2D eigenvalue weighted by Gasteiger charge is -2.35. The fraction of sp³-hybridized carbons (Fsp3) is 0.647. The second kappa shape index (κ2) is 7.98. The zero-order chi connectivity index (χ0) is 15.4. The number of piperazine rings is 1. The van der Waals surface area contributed by atoms with Crippen LogP contribution < -0.4 is 0 Å². The van der Waals surface area contributed by atoms with Gasteiger partial charge in [0, 0.05) is 55.9 Å². The van der Waals surface area contributed by atoms with Gasteiger partial charge in [-0.1, -0.05) is 23.2 Å². The Kier molecular flexibility index (Phi) is 6.00. The molecule has 0 saturated carbocycles. The van der Waals surface area contributed by atoms with E-state index < -0.39 is 0 Å². The van der Waals surface area contributed by atoms with Crippen LogP contribution in [-0.2, 0) is 11.2 Å². The van der Waals surface area contributed by atoms with Gasteiger partial charge >= 0.3 is 0 Å². The van der Waals surface area contributed by atoms with Crippen LogP contribution in [0.15, 0.2) is 18.2 Å². The molecule has 0 aromatic heterocycles. The molecule has 1 aromatic rings. The van der Waals surface area contributed by atoms with Crippen molar-refractivity contribution in [1.82, 2.24) is 9.80 Å². The van der Waals surface area contributed by atoms with Gasteiger partial charge < -0.3 is 14.5 Å². The molecule has 2 aliphatic rings. The van der Waals surface area contributed by atoms with Crippen molar-refractivity contribution in [2.75, 3.05) is 52.5 Å². The van der Waals surface area contributed by atoms with Gasteiger partial charge in [-0.25, -0.2) is 0 Å². The van der Waals surface area contributed by atoms with Crippen LogP contribution in [-0.4, -0.2) is 62.3 Å². The Labute approximate surface area is 143 Å². The van der Waals surface area contributed by atoms with E-state index in [1.807, 2.05) is 12.1 Å². The van der Waals surface area contributed by atoms with Crippen LogP contribution in [0, 0.1) is 5.92 Å². The maximum absolute atomic E-state index is 6.06. The zero-order valence-corrected chi connectivity index (χ0v) is 14.5. The first-order valence-corrected chi connectivity index (χ1v) is 8.92. The maximum Gasteiger partial charge on any atom is 0.0507 e. The molecule has 0 bridgehead atoms. The van der Waals surface area contributed by atoms with Gasteiger partial charge in [-0.2, -0.15) is 0 Å². The molecule has 122 valence electrons. The molecule has 0 spiro atoms. The van der Waals surface area contributed by atoms with E-state index in [0.717, 1.165) is 55.2 Å². The third-order valence-corrected chi connectivity index (χ3v) is 5.08. The van der Waals surface area contributed by atoms with Crippen molar-refractivity contribution in [2.45, 2.75) is 12.8 Å². The van der Waals surface area contributed by atoms with Crippen LogP contribution in [0.1, 0.15) is 12.0 Å². The molecule has 1 atom stereocenters. The van der Waals surface area contributed by atoms with Gasteiger partial charge in [0.1, 0.15) is 0 Å². The smallest absolute Gasteiger partial charge is 0.0507 e. The van der Waals surface area contributed by atoms with Crippen LogP contribution in [0.2, 0.25) is 10.0 Å². The zero-order valence-electron chi connectivity index (χ0n) is 12.9. The molecule has 2 fully saturated rings. The summed E-state index contributed by atoms with van der Waals surface area (Å²) in [6.45, 7) is 8.85. The average Bonchev–Trinajstić information content (AvgIpc) is 2.98. The van der Waals surface area contributed by atoms with E-state index in [1.165, 1.54) is 31.6 Å². The highest BCUT2D eigenvalue weighted by Gasteiger charge is 2.22. The van der Waals surface area contributed by atoms with E-state index in [9.17, 15) is 0 Å². The van der Waals surface area contributed by atoms with Gasteiger partial charge in [0.15, 0.2) is 0 Å². The summed E-state index contributed by atoms with van der Waals surface area (Å²) >= 11 is 12.1. The summed E-state index contributed by atoms with van der Waals surface area (Å²) in [7, 11) is 0. The van der Waals surface area contributed by atoms with Crippen LogP contribution in [0.5, 0.6) is 0 Å². The second-order valence-electron chi connectivity index (χ2n) is 6.40. The number of rotatable bonds is 5. The topological polar surface area (TPSA) is 15.7 Å². The van der Waals surface area contributed by atoms with Crippen molar-refractivity contribution in [2.24, 2.45) is 5.92 Å². The Morgan fingerprint density at radius 2 is 1.68 bits per heavy atom. The Morgan fingerprint density at radius 1 is 1.00 bits per heavy atom. The molecular formula is C17H24Cl2N2O. The summed E-state index contributed by atoms with van der Waals surface area (Å²) in [6, 6.07) is 5.83. The number of benzene rings is 1. The van der Waals surface area contributed by atoms with E-state index in [4.69, 9.17) is 27.9 Å². The van der Waals surface area contributed by atoms with E-state index in [1.54, 1.807) is 6.07 Å². The first-order valence-electron chi connectivity index (χ1n) is 8.16. The lowest BCUT2D eigenvalue weighted by atomic mass is 10.1. The number of hydrogen-bond acceptors (Lipinski definition) is 3. The van der Waals surface area contributed by atoms with Crippen molar-refractivity contribution in [1.29, 1.82) is 0 Å². The summed E-state index contributed by atoms with van der Waals surface area (Å²) in [6.07, 6.45) is 2.24. The SMILES string of the molecule is Clc1cc(Cl)cc(CCN2CCN(C[C@H]3CCOC3)CC2)c1. The molecule has 2 aliphatic heterocycles. The van der Waals surface area contributed by atoms with E-state index >= 15 is 0 Å². The van der Waals surface area contributed by atoms with Gasteiger partial charge in [-0.3, -0.25) is 0 Å². The van der Waals surface area contributed by atoms with Gasteiger partial charge in [-0.15, -0.1) is 0 Å². The van der Waals surface area contributed by atoms with Crippen molar-refractivity contribution in [3.63, 3.8) is 0 Å². The van der Waals surface area contributed by atoms with Gasteiger partial charge in [0.25, 0.3) is 0 Å². The maximum atomic E-state index is 6.06. The minimum Gasteiger partial charge on any atom is -0.381 e. The van der Waals surface area contributed by atoms with E-state index in [2.05, 4.69) is 9.80 Å². The fourth-order valence-electron chi connectivity index (χ4n) is 3.33. The van der Waals surface area contributed by atoms with Crippen LogP contribution in [0.25, 0.3) is 0 Å². The quantitative estimate of drug-likeness (QED) is 0.817. The Morgan fingerprint density at radius 3 is 2.32 bits per heavy atom. The molecule has 0 N–H and O–H groups in total. The van der Waals surface area contributed by atoms with Crippen LogP contribution in [0.4, 0.5) is 0 Å². The third kappa shape index (κ3) is 4.84. The van der Waals surface area contributed by atoms with Crippen molar-refractivity contribution in [3.05, 3.63) is 33.8 Å². The van der Waals surface area contributed by atoms with Crippen molar-refractivity contribution in [3.8, 4) is 0 Å². The van der Waals surface area contributed by atoms with E-state index in [-0.39, 0.29) is 0 Å². The predicted octanol–water partition coefficient (Wildman–Crippen LogP) is 3.19. The molecule has 2 heterocycles. The first-order chi connectivity index (χ1) is 10.7. The number of nitrogens with zero attached hydrogens (tertiary/aromatic N) is 2. The highest BCUT2D eigenvalue weighted by molar-refractivity contribution is 6.34. The molecule has 2 saturated heterocycles. The average molecular weight is 343 g/mol. The van der Waals surface area contributed by atoms with Crippen LogP contribution in [0.3, 0.4) is 0 Å². The summed E-state index contributed by atoms with van der Waals surface area (Å²) in [4.78, 5) is 5.13. The normalized spacial score (nSPS) is 24.0. The minimum absolute atomic E-state index is 0.728. The molecule has 0 aliphatic carbocycles. The standard InChI is InChI=1S/C17H24Cl2N2O/c18-16-9-14(10-17(19)11-16)1-3-20-4-6-21(7-5-20)12-15-2-8-22-13-15/h9-11,15H,1-8,12-13H2/t15-/m1/s1. The Bertz CT molecular complexity index is 463. The predicted molar refractivity (Wildman–Crippen MR) is 92.0 cm³/mol. The largest absolute Gasteiger partial charge is 0.381 e. The van der Waals surface area contributed by atoms with Crippen LogP contribution >= 0.6 is 23.2 Å². The monoisotopic (exact) mass is 342 g/mol. The minimum atomic E-state index is 0.728. The van der Waals surface area contributed by atoms with Crippen molar-refractivity contribution < 1.29 is 4.74 Å². The molecule has 3 nitrogen and oxygen atoms in total. The molecule has 0 amide bonds. The van der Waals surface area contributed by atoms with Crippen molar-refractivity contribution >= 4 is 23.2 Å². The number of hydrogen-bond donors (Lipinski definition) is 0. The highest BCUT2D eigenvalue weighted by Crippen LogP contribution is 2.20. The number of halogens is 2. The molecule has 3 rings (SSSR count). The molecule has 0 unspecified atom stereocenters. The molecule has 0 radical (unpaired) electrons. The summed E-state index contributed by atoms with van der Waals surface area (Å²) < 4.78 is 5.47. The summed E-state index contributed by atoms with van der Waals surface area (Å²) in [5.74, 6) is 0.750. The Hall–Kier alpha value is -0.320. The van der Waals surface area contributed by atoms with E-state index in [0.29, 0.717) is 0 Å². The molecule has 1 aromatic carbocycles. The fourth-order valence-corrected chi connectivity index (χ4v) is 3.90. The summed E-state index contributed by atoms with van der Waals surface area (Å²) in [5, 5.41) is 1.46. The second-order valence-corrected chi connectivity index (χ2v) is 7.27. The lowest BCUT2D eigenvalue weighted by Crippen LogP contribution is -2.48. The Balaban J connectivity index is 1.40. The third-order valence-electron chi connectivity index (χ3n) is 4.64. The molecule has 5 heteroatoms. The molecule has 22 heavy (non-hydrogen) atoms. The summed E-state index contributed by atoms with van der Waals surface area (Å²) in [5.41, 5.74) is 1.23. The van der Waals surface area contributed by atoms with Gasteiger partial charge in [0.2, 0.25) is 0 Å². The number of ether oxygens (including phenoxy) is 1. The first kappa shape index (κ1) is 16.5. The van der Waals surface area contributed by atoms with Gasteiger partial charge in [-0.05, 0) is 42.5 Å². The highest BCUT2D eigenvalue weighted by atomic mass is 35.5. The molecular weight excluding hydrogens is 319 g/mol. The van der Waals surface area contributed by atoms with Gasteiger partial charge in [0.05, 0.1) is 6.61 Å². The lowest BCUT2D eigenvalue weighted by molar-refractivity contribution is 0.111.